The molecule has 1 N–H and O–H groups in total. The van der Waals surface area contributed by atoms with Crippen molar-refractivity contribution in [3.8, 4) is 11.5 Å². The fourth-order valence-corrected chi connectivity index (χ4v) is 1.76. The minimum absolute atomic E-state index is 0.131. The summed E-state index contributed by atoms with van der Waals surface area (Å²) in [7, 11) is 3.30. The van der Waals surface area contributed by atoms with Gasteiger partial charge in [0.25, 0.3) is 0 Å². The molecule has 1 aromatic rings. The van der Waals surface area contributed by atoms with Crippen molar-refractivity contribution in [1.29, 1.82) is 0 Å². The number of hydrogen-bond donors (Lipinski definition) is 1. The highest BCUT2D eigenvalue weighted by Gasteiger charge is 2.12. The quantitative estimate of drug-likeness (QED) is 0.805. The minimum Gasteiger partial charge on any atom is -0.496 e. The Hall–Kier alpha value is -1.22. The predicted molar refractivity (Wildman–Crippen MR) is 59.7 cm³/mol. The average molecular weight is 210 g/mol. The molecule has 0 unspecified atom stereocenters. The van der Waals surface area contributed by atoms with Crippen molar-refractivity contribution < 1.29 is 14.6 Å². The lowest BCUT2D eigenvalue weighted by atomic mass is 10.0. The first-order chi connectivity index (χ1) is 7.28. The number of hydrogen-bond acceptors (Lipinski definition) is 3. The van der Waals surface area contributed by atoms with Gasteiger partial charge in [-0.1, -0.05) is 13.0 Å². The fourth-order valence-electron chi connectivity index (χ4n) is 1.76. The molecular formula is C12H18O3. The Labute approximate surface area is 90.6 Å². The van der Waals surface area contributed by atoms with Gasteiger partial charge in [-0.3, -0.25) is 0 Å². The monoisotopic (exact) mass is 210 g/mol. The maximum atomic E-state index is 8.94. The summed E-state index contributed by atoms with van der Waals surface area (Å²) < 4.78 is 10.6. The molecule has 0 aromatic heterocycles. The Kier molecular flexibility index (Phi) is 4.43. The number of aliphatic hydroxyl groups is 1. The Balaban J connectivity index is 3.21. The van der Waals surface area contributed by atoms with Crippen LogP contribution in [-0.4, -0.2) is 25.9 Å². The summed E-state index contributed by atoms with van der Waals surface area (Å²) in [6.07, 6.45) is 1.46. The molecule has 3 nitrogen and oxygen atoms in total. The van der Waals surface area contributed by atoms with Crippen LogP contribution in [-0.2, 0) is 12.8 Å². The summed E-state index contributed by atoms with van der Waals surface area (Å²) in [5.74, 6) is 1.68. The van der Waals surface area contributed by atoms with Crippen LogP contribution in [0, 0.1) is 0 Å². The van der Waals surface area contributed by atoms with E-state index in [1.165, 1.54) is 0 Å². The summed E-state index contributed by atoms with van der Waals surface area (Å²) in [4.78, 5) is 0. The number of ether oxygens (including phenoxy) is 2. The second kappa shape index (κ2) is 5.61. The van der Waals surface area contributed by atoms with Crippen LogP contribution in [0.2, 0.25) is 0 Å². The standard InChI is InChI=1S/C12H18O3/c1-4-10-11(14-2)6-5-9(7-8-13)12(10)15-3/h5-6,13H,4,7-8H2,1-3H3. The first kappa shape index (κ1) is 11.9. The third kappa shape index (κ3) is 2.42. The number of benzene rings is 1. The molecule has 0 radical (unpaired) electrons. The molecule has 0 spiro atoms. The van der Waals surface area contributed by atoms with Crippen molar-refractivity contribution in [2.45, 2.75) is 19.8 Å². The molecule has 1 rings (SSSR count). The van der Waals surface area contributed by atoms with Crippen LogP contribution in [0.25, 0.3) is 0 Å². The smallest absolute Gasteiger partial charge is 0.129 e. The second-order valence-electron chi connectivity index (χ2n) is 3.27. The third-order valence-corrected chi connectivity index (χ3v) is 2.46. The minimum atomic E-state index is 0.131. The average Bonchev–Trinajstić information content (AvgIpc) is 2.28. The van der Waals surface area contributed by atoms with Crippen molar-refractivity contribution in [1.82, 2.24) is 0 Å². The van der Waals surface area contributed by atoms with E-state index in [1.807, 2.05) is 12.1 Å². The number of methoxy groups -OCH3 is 2. The maximum absolute atomic E-state index is 8.94. The van der Waals surface area contributed by atoms with E-state index in [0.29, 0.717) is 6.42 Å². The van der Waals surface area contributed by atoms with Gasteiger partial charge in [0, 0.05) is 12.2 Å². The van der Waals surface area contributed by atoms with Crippen LogP contribution in [0.4, 0.5) is 0 Å². The topological polar surface area (TPSA) is 38.7 Å². The molecule has 0 aliphatic carbocycles. The van der Waals surface area contributed by atoms with E-state index in [4.69, 9.17) is 14.6 Å². The molecule has 0 heterocycles. The molecular weight excluding hydrogens is 192 g/mol. The number of rotatable bonds is 5. The van der Waals surface area contributed by atoms with Crippen LogP contribution in [0.3, 0.4) is 0 Å². The largest absolute Gasteiger partial charge is 0.496 e. The Morgan fingerprint density at radius 2 is 1.93 bits per heavy atom. The third-order valence-electron chi connectivity index (χ3n) is 2.46. The van der Waals surface area contributed by atoms with Crippen molar-refractivity contribution in [2.75, 3.05) is 20.8 Å². The maximum Gasteiger partial charge on any atom is 0.129 e. The SMILES string of the molecule is CCc1c(OC)ccc(CCO)c1OC. The van der Waals surface area contributed by atoms with Gasteiger partial charge in [0.15, 0.2) is 0 Å². The Morgan fingerprint density at radius 3 is 2.40 bits per heavy atom. The second-order valence-corrected chi connectivity index (χ2v) is 3.27. The van der Waals surface area contributed by atoms with Crippen LogP contribution < -0.4 is 9.47 Å². The number of aliphatic hydroxyl groups excluding tert-OH is 1. The van der Waals surface area contributed by atoms with E-state index < -0.39 is 0 Å². The van der Waals surface area contributed by atoms with E-state index in [1.54, 1.807) is 14.2 Å². The van der Waals surface area contributed by atoms with Gasteiger partial charge < -0.3 is 14.6 Å². The zero-order valence-corrected chi connectivity index (χ0v) is 9.54. The van der Waals surface area contributed by atoms with Gasteiger partial charge in [-0.25, -0.2) is 0 Å². The predicted octanol–water partition coefficient (Wildman–Crippen LogP) is 1.80. The first-order valence-electron chi connectivity index (χ1n) is 5.12. The molecule has 0 saturated carbocycles. The zero-order valence-electron chi connectivity index (χ0n) is 9.54. The molecule has 1 aromatic carbocycles. The van der Waals surface area contributed by atoms with E-state index in [-0.39, 0.29) is 6.61 Å². The van der Waals surface area contributed by atoms with Crippen molar-refractivity contribution in [3.63, 3.8) is 0 Å². The van der Waals surface area contributed by atoms with Gasteiger partial charge >= 0.3 is 0 Å². The van der Waals surface area contributed by atoms with E-state index in [0.717, 1.165) is 29.0 Å². The summed E-state index contributed by atoms with van der Waals surface area (Å²) in [6.45, 7) is 2.19. The molecule has 0 atom stereocenters. The Bertz CT molecular complexity index is 321. The van der Waals surface area contributed by atoms with Crippen LogP contribution in [0.5, 0.6) is 11.5 Å². The summed E-state index contributed by atoms with van der Waals surface area (Å²) in [5, 5.41) is 8.94. The zero-order chi connectivity index (χ0) is 11.3. The van der Waals surface area contributed by atoms with Crippen molar-refractivity contribution in [3.05, 3.63) is 23.3 Å². The fraction of sp³-hybridized carbons (Fsp3) is 0.500. The van der Waals surface area contributed by atoms with Crippen LogP contribution in [0.15, 0.2) is 12.1 Å². The van der Waals surface area contributed by atoms with Crippen LogP contribution in [0.1, 0.15) is 18.1 Å². The van der Waals surface area contributed by atoms with E-state index in [9.17, 15) is 0 Å². The first-order valence-corrected chi connectivity index (χ1v) is 5.12. The summed E-state index contributed by atoms with van der Waals surface area (Å²) >= 11 is 0. The molecule has 0 aliphatic rings. The lowest BCUT2D eigenvalue weighted by molar-refractivity contribution is 0.296. The Morgan fingerprint density at radius 1 is 1.20 bits per heavy atom. The van der Waals surface area contributed by atoms with Crippen LogP contribution >= 0.6 is 0 Å². The highest BCUT2D eigenvalue weighted by molar-refractivity contribution is 5.50. The lowest BCUT2D eigenvalue weighted by Gasteiger charge is -2.15. The van der Waals surface area contributed by atoms with Crippen molar-refractivity contribution >= 4 is 0 Å². The summed E-state index contributed by atoms with van der Waals surface area (Å²) in [5.41, 5.74) is 2.09. The van der Waals surface area contributed by atoms with Gasteiger partial charge in [0.05, 0.1) is 14.2 Å². The summed E-state index contributed by atoms with van der Waals surface area (Å²) in [6, 6.07) is 3.86. The lowest BCUT2D eigenvalue weighted by Crippen LogP contribution is -2.01. The molecule has 0 bridgehead atoms. The molecule has 84 valence electrons. The normalized spacial score (nSPS) is 10.1. The van der Waals surface area contributed by atoms with Gasteiger partial charge in [0.1, 0.15) is 11.5 Å². The molecule has 3 heteroatoms. The van der Waals surface area contributed by atoms with E-state index >= 15 is 0 Å². The molecule has 0 saturated heterocycles. The molecule has 15 heavy (non-hydrogen) atoms. The van der Waals surface area contributed by atoms with Gasteiger partial charge in [-0.05, 0) is 24.5 Å². The molecule has 0 aliphatic heterocycles. The van der Waals surface area contributed by atoms with E-state index in [2.05, 4.69) is 6.92 Å². The van der Waals surface area contributed by atoms with Gasteiger partial charge in [0.2, 0.25) is 0 Å². The van der Waals surface area contributed by atoms with Gasteiger partial charge in [-0.2, -0.15) is 0 Å². The highest BCUT2D eigenvalue weighted by atomic mass is 16.5. The molecule has 0 fully saturated rings. The highest BCUT2D eigenvalue weighted by Crippen LogP contribution is 2.32. The van der Waals surface area contributed by atoms with Crippen molar-refractivity contribution in [2.24, 2.45) is 0 Å². The van der Waals surface area contributed by atoms with Gasteiger partial charge in [-0.15, -0.1) is 0 Å². The molecule has 0 amide bonds.